The van der Waals surface area contributed by atoms with Gasteiger partial charge in [-0.1, -0.05) is 12.6 Å². The first-order valence-electron chi connectivity index (χ1n) is 6.90. The van der Waals surface area contributed by atoms with Crippen LogP contribution in [0.15, 0.2) is 30.9 Å². The third-order valence-electron chi connectivity index (χ3n) is 2.78. The molecule has 1 N–H and O–H groups in total. The van der Waals surface area contributed by atoms with Gasteiger partial charge in [-0.3, -0.25) is 5.32 Å². The van der Waals surface area contributed by atoms with E-state index in [0.717, 1.165) is 11.6 Å². The number of alkyl carbamates (subject to hydrolysis) is 1. The molecule has 1 aromatic carbocycles. The van der Waals surface area contributed by atoms with Gasteiger partial charge in [0, 0.05) is 24.1 Å². The molecular weight excluding hydrogens is 286 g/mol. The van der Waals surface area contributed by atoms with Crippen LogP contribution in [0.1, 0.15) is 26.3 Å². The van der Waals surface area contributed by atoms with Crippen LogP contribution in [0, 0.1) is 0 Å². The van der Waals surface area contributed by atoms with Crippen LogP contribution in [0.4, 0.5) is 4.79 Å². The zero-order valence-electron chi connectivity index (χ0n) is 12.8. The normalized spacial score (nSPS) is 16.2. The molecule has 0 spiro atoms. The molecule has 0 radical (unpaired) electrons. The number of hydrogen-bond acceptors (Lipinski definition) is 5. The summed E-state index contributed by atoms with van der Waals surface area (Å²) in [6.07, 6.45) is 0.560. The Hall–Kier alpha value is -2.50. The molecule has 0 bridgehead atoms. The molecule has 0 aromatic heterocycles. The van der Waals surface area contributed by atoms with E-state index in [4.69, 9.17) is 14.2 Å². The Morgan fingerprint density at radius 1 is 1.41 bits per heavy atom. The summed E-state index contributed by atoms with van der Waals surface area (Å²) in [6.45, 7) is 8.70. The molecule has 1 amide bonds. The van der Waals surface area contributed by atoms with Crippen molar-refractivity contribution in [2.24, 2.45) is 0 Å². The second kappa shape index (κ2) is 6.09. The van der Waals surface area contributed by atoms with E-state index in [1.54, 1.807) is 39.0 Å². The van der Waals surface area contributed by atoms with E-state index in [2.05, 4.69) is 11.9 Å². The summed E-state index contributed by atoms with van der Waals surface area (Å²) in [5.74, 6) is 0.387. The maximum Gasteiger partial charge on any atom is 0.410 e. The second-order valence-corrected chi connectivity index (χ2v) is 5.85. The third-order valence-corrected chi connectivity index (χ3v) is 2.78. The average Bonchev–Trinajstić information content (AvgIpc) is 2.77. The molecule has 1 aliphatic heterocycles. The summed E-state index contributed by atoms with van der Waals surface area (Å²) in [5, 5.41) is 2.65. The zero-order chi connectivity index (χ0) is 16.3. The van der Waals surface area contributed by atoms with Gasteiger partial charge in [-0.25, -0.2) is 9.59 Å². The number of carbonyl (C=O) groups excluding carboxylic acids is 2. The molecule has 6 heteroatoms. The molecule has 22 heavy (non-hydrogen) atoms. The van der Waals surface area contributed by atoms with Crippen molar-refractivity contribution in [3.8, 4) is 11.5 Å². The van der Waals surface area contributed by atoms with Crippen LogP contribution in [0.3, 0.4) is 0 Å². The Kier molecular flexibility index (Phi) is 4.40. The lowest BCUT2D eigenvalue weighted by molar-refractivity contribution is -0.128. The molecule has 118 valence electrons. The number of nitrogens with one attached hydrogen (secondary N) is 1. The van der Waals surface area contributed by atoms with Crippen molar-refractivity contribution in [1.29, 1.82) is 0 Å². The van der Waals surface area contributed by atoms with E-state index in [0.29, 0.717) is 17.9 Å². The predicted octanol–water partition coefficient (Wildman–Crippen LogP) is 2.56. The highest BCUT2D eigenvalue weighted by Gasteiger charge is 2.27. The summed E-state index contributed by atoms with van der Waals surface area (Å²) < 4.78 is 15.8. The monoisotopic (exact) mass is 305 g/mol. The molecule has 1 unspecified atom stereocenters. The Morgan fingerprint density at radius 3 is 2.77 bits per heavy atom. The summed E-state index contributed by atoms with van der Waals surface area (Å²) in [5.41, 5.74) is 0.348. The summed E-state index contributed by atoms with van der Waals surface area (Å²) in [7, 11) is 0. The fourth-order valence-corrected chi connectivity index (χ4v) is 1.95. The minimum absolute atomic E-state index is 0.363. The smallest absolute Gasteiger partial charge is 0.410 e. The average molecular weight is 305 g/mol. The number of ether oxygens (including phenoxy) is 3. The number of fused-ring (bicyclic) bond motifs is 1. The van der Waals surface area contributed by atoms with Gasteiger partial charge in [0.05, 0.1) is 0 Å². The van der Waals surface area contributed by atoms with E-state index in [9.17, 15) is 9.59 Å². The Balaban J connectivity index is 1.97. The molecule has 0 saturated heterocycles. The fraction of sp³-hybridized carbons (Fsp3) is 0.375. The number of hydrogen-bond donors (Lipinski definition) is 1. The predicted molar refractivity (Wildman–Crippen MR) is 79.8 cm³/mol. The van der Waals surface area contributed by atoms with Crippen LogP contribution >= 0.6 is 0 Å². The molecule has 0 aliphatic carbocycles. The fourth-order valence-electron chi connectivity index (χ4n) is 1.95. The Bertz CT molecular complexity index is 603. The molecular formula is C16H19NO5. The number of rotatable bonds is 3. The molecule has 0 fully saturated rings. The zero-order valence-corrected chi connectivity index (χ0v) is 12.8. The maximum atomic E-state index is 11.7. The first kappa shape index (κ1) is 15.9. The maximum absolute atomic E-state index is 11.7. The standard InChI is InChI=1S/C16H19NO5/c1-5-14(18)20-11-7-6-10-8-13(21-12(10)9-11)17-15(19)22-16(2,3)4/h5-7,9,13H,1,8H2,2-4H3,(H,17,19). The minimum Gasteiger partial charge on any atom is -0.470 e. The molecule has 1 aromatic rings. The SMILES string of the molecule is C=CC(=O)Oc1ccc2c(c1)OC(NC(=O)OC(C)(C)C)C2. The van der Waals surface area contributed by atoms with Crippen molar-refractivity contribution in [1.82, 2.24) is 5.32 Å². The lowest BCUT2D eigenvalue weighted by Crippen LogP contribution is -2.41. The van der Waals surface area contributed by atoms with E-state index >= 15 is 0 Å². The number of benzene rings is 1. The van der Waals surface area contributed by atoms with E-state index < -0.39 is 23.9 Å². The summed E-state index contributed by atoms with van der Waals surface area (Å²) in [4.78, 5) is 22.9. The lowest BCUT2D eigenvalue weighted by Gasteiger charge is -2.21. The third kappa shape index (κ3) is 4.25. The van der Waals surface area contributed by atoms with Gasteiger partial charge < -0.3 is 14.2 Å². The van der Waals surface area contributed by atoms with Gasteiger partial charge in [0.1, 0.15) is 17.1 Å². The van der Waals surface area contributed by atoms with Gasteiger partial charge in [-0.05, 0) is 26.8 Å². The Morgan fingerprint density at radius 2 is 2.14 bits per heavy atom. The highest BCUT2D eigenvalue weighted by Crippen LogP contribution is 2.31. The molecule has 1 aliphatic rings. The summed E-state index contributed by atoms with van der Waals surface area (Å²) >= 11 is 0. The highest BCUT2D eigenvalue weighted by molar-refractivity contribution is 5.83. The van der Waals surface area contributed by atoms with Crippen LogP contribution < -0.4 is 14.8 Å². The van der Waals surface area contributed by atoms with Crippen molar-refractivity contribution in [2.75, 3.05) is 0 Å². The van der Waals surface area contributed by atoms with Gasteiger partial charge in [-0.2, -0.15) is 0 Å². The quantitative estimate of drug-likeness (QED) is 0.528. The van der Waals surface area contributed by atoms with E-state index in [1.165, 1.54) is 0 Å². The second-order valence-electron chi connectivity index (χ2n) is 5.85. The number of carbonyl (C=O) groups is 2. The van der Waals surface area contributed by atoms with Crippen LogP contribution in [-0.2, 0) is 16.0 Å². The van der Waals surface area contributed by atoms with Gasteiger partial charge in [0.2, 0.25) is 0 Å². The van der Waals surface area contributed by atoms with Gasteiger partial charge in [0.25, 0.3) is 0 Å². The van der Waals surface area contributed by atoms with Crippen molar-refractivity contribution < 1.29 is 23.8 Å². The van der Waals surface area contributed by atoms with Crippen LogP contribution in [0.2, 0.25) is 0 Å². The van der Waals surface area contributed by atoms with Crippen molar-refractivity contribution in [3.05, 3.63) is 36.4 Å². The first-order chi connectivity index (χ1) is 10.3. The molecule has 2 rings (SSSR count). The number of esters is 1. The van der Waals surface area contributed by atoms with E-state index in [-0.39, 0.29) is 0 Å². The van der Waals surface area contributed by atoms with Gasteiger partial charge in [0.15, 0.2) is 6.23 Å². The van der Waals surface area contributed by atoms with Crippen molar-refractivity contribution in [2.45, 2.75) is 39.0 Å². The Labute approximate surface area is 129 Å². The molecule has 6 nitrogen and oxygen atoms in total. The topological polar surface area (TPSA) is 73.9 Å². The molecule has 0 saturated carbocycles. The molecule has 1 atom stereocenters. The minimum atomic E-state index is -0.568. The molecule has 1 heterocycles. The van der Waals surface area contributed by atoms with Gasteiger partial charge >= 0.3 is 12.1 Å². The number of amides is 1. The van der Waals surface area contributed by atoms with E-state index in [1.807, 2.05) is 0 Å². The van der Waals surface area contributed by atoms with Crippen LogP contribution in [0.25, 0.3) is 0 Å². The summed E-state index contributed by atoms with van der Waals surface area (Å²) in [6, 6.07) is 5.06. The van der Waals surface area contributed by atoms with Crippen molar-refractivity contribution >= 4 is 12.1 Å². The lowest BCUT2D eigenvalue weighted by atomic mass is 10.1. The highest BCUT2D eigenvalue weighted by atomic mass is 16.6. The van der Waals surface area contributed by atoms with Crippen LogP contribution in [-0.4, -0.2) is 23.9 Å². The first-order valence-corrected chi connectivity index (χ1v) is 6.90. The van der Waals surface area contributed by atoms with Gasteiger partial charge in [-0.15, -0.1) is 0 Å². The van der Waals surface area contributed by atoms with Crippen molar-refractivity contribution in [3.63, 3.8) is 0 Å². The van der Waals surface area contributed by atoms with Crippen LogP contribution in [0.5, 0.6) is 11.5 Å². The largest absolute Gasteiger partial charge is 0.470 e.